The van der Waals surface area contributed by atoms with Crippen molar-refractivity contribution in [2.45, 2.75) is 20.3 Å². The largest absolute Gasteiger partial charge is 0.494 e. The standard InChI is InChI=1S/C30H25N5O2S2/c1-3-15-37-23-11-13-25(20(2)17-23)28-21(19-34(33-28)22-8-5-4-6-9-22)18-26-29(36)35-30(39-26)31-27(32-35)14-12-24-10-7-16-38-24/h4-14,16-19H,3,15H2,1-2H3/b14-12+,26-18-. The van der Waals surface area contributed by atoms with Gasteiger partial charge < -0.3 is 4.74 Å². The van der Waals surface area contributed by atoms with Gasteiger partial charge in [0.2, 0.25) is 4.96 Å². The van der Waals surface area contributed by atoms with Crippen LogP contribution in [0.3, 0.4) is 0 Å². The highest BCUT2D eigenvalue weighted by atomic mass is 32.1. The number of benzene rings is 2. The predicted octanol–water partition coefficient (Wildman–Crippen LogP) is 5.88. The molecule has 6 aromatic rings. The van der Waals surface area contributed by atoms with Gasteiger partial charge >= 0.3 is 0 Å². The number of ether oxygens (including phenoxy) is 1. The van der Waals surface area contributed by atoms with Gasteiger partial charge in [-0.05, 0) is 78.9 Å². The number of thiophene rings is 1. The number of nitrogens with zero attached hydrogens (tertiary/aromatic N) is 5. The summed E-state index contributed by atoms with van der Waals surface area (Å²) in [6.07, 6.45) is 8.56. The van der Waals surface area contributed by atoms with Crippen molar-refractivity contribution in [3.05, 3.63) is 109 Å². The zero-order chi connectivity index (χ0) is 26.8. The number of hydrogen-bond acceptors (Lipinski definition) is 7. The van der Waals surface area contributed by atoms with Crippen LogP contribution < -0.4 is 14.8 Å². The normalized spacial score (nSPS) is 12.2. The Kier molecular flexibility index (Phi) is 6.91. The van der Waals surface area contributed by atoms with E-state index in [1.54, 1.807) is 11.3 Å². The van der Waals surface area contributed by atoms with Crippen LogP contribution in [0.25, 0.3) is 40.1 Å². The van der Waals surface area contributed by atoms with Crippen LogP contribution in [0.5, 0.6) is 5.75 Å². The molecule has 0 radical (unpaired) electrons. The highest BCUT2D eigenvalue weighted by molar-refractivity contribution is 7.15. The second-order valence-corrected chi connectivity index (χ2v) is 11.0. The maximum Gasteiger partial charge on any atom is 0.291 e. The molecule has 0 saturated heterocycles. The number of fused-ring (bicyclic) bond motifs is 1. The highest BCUT2D eigenvalue weighted by Gasteiger charge is 2.16. The first-order valence-electron chi connectivity index (χ1n) is 12.6. The zero-order valence-corrected chi connectivity index (χ0v) is 23.1. The van der Waals surface area contributed by atoms with Crippen molar-refractivity contribution in [2.75, 3.05) is 6.61 Å². The van der Waals surface area contributed by atoms with Gasteiger partial charge in [-0.25, -0.2) is 4.68 Å². The molecule has 0 unspecified atom stereocenters. The van der Waals surface area contributed by atoms with Crippen LogP contribution in [0.2, 0.25) is 0 Å². The Labute approximate surface area is 233 Å². The molecule has 0 aliphatic rings. The van der Waals surface area contributed by atoms with E-state index in [2.05, 4.69) is 17.0 Å². The van der Waals surface area contributed by atoms with Gasteiger partial charge in [0.05, 0.1) is 16.8 Å². The molecule has 0 bridgehead atoms. The molecule has 0 N–H and O–H groups in total. The van der Waals surface area contributed by atoms with E-state index in [1.165, 1.54) is 15.9 Å². The van der Waals surface area contributed by atoms with Gasteiger partial charge in [0.1, 0.15) is 11.4 Å². The lowest BCUT2D eigenvalue weighted by molar-refractivity contribution is 0.317. The molecule has 39 heavy (non-hydrogen) atoms. The van der Waals surface area contributed by atoms with Crippen molar-refractivity contribution in [3.8, 4) is 22.7 Å². The Bertz CT molecular complexity index is 1880. The Morgan fingerprint density at radius 1 is 1.03 bits per heavy atom. The van der Waals surface area contributed by atoms with Crippen molar-refractivity contribution < 1.29 is 4.74 Å². The smallest absolute Gasteiger partial charge is 0.291 e. The Balaban J connectivity index is 1.42. The van der Waals surface area contributed by atoms with Crippen molar-refractivity contribution in [1.82, 2.24) is 24.4 Å². The summed E-state index contributed by atoms with van der Waals surface area (Å²) in [6, 6.07) is 20.0. The molecule has 0 saturated carbocycles. The minimum atomic E-state index is -0.197. The van der Waals surface area contributed by atoms with E-state index in [0.717, 1.165) is 45.1 Å². The summed E-state index contributed by atoms with van der Waals surface area (Å²) in [5, 5.41) is 11.4. The number of aryl methyl sites for hydroxylation is 1. The molecule has 7 nitrogen and oxygen atoms in total. The molecule has 9 heteroatoms. The van der Waals surface area contributed by atoms with E-state index in [4.69, 9.17) is 9.84 Å². The number of hydrogen-bond donors (Lipinski definition) is 0. The maximum atomic E-state index is 13.3. The molecule has 0 fully saturated rings. The second kappa shape index (κ2) is 10.8. The van der Waals surface area contributed by atoms with E-state index in [-0.39, 0.29) is 5.56 Å². The molecule has 0 amide bonds. The number of para-hydroxylation sites is 1. The van der Waals surface area contributed by atoms with E-state index in [1.807, 2.05) is 102 Å². The average molecular weight is 552 g/mol. The topological polar surface area (TPSA) is 74.3 Å². The van der Waals surface area contributed by atoms with Gasteiger partial charge in [-0.15, -0.1) is 16.4 Å². The summed E-state index contributed by atoms with van der Waals surface area (Å²) in [4.78, 5) is 19.5. The molecule has 0 aliphatic heterocycles. The van der Waals surface area contributed by atoms with Gasteiger partial charge in [-0.3, -0.25) is 4.79 Å². The molecule has 194 valence electrons. The van der Waals surface area contributed by atoms with Crippen LogP contribution in [0.4, 0.5) is 0 Å². The molecule has 0 spiro atoms. The third-order valence-electron chi connectivity index (χ3n) is 6.11. The van der Waals surface area contributed by atoms with Crippen molar-refractivity contribution >= 4 is 45.9 Å². The summed E-state index contributed by atoms with van der Waals surface area (Å²) < 4.78 is 9.59. The first kappa shape index (κ1) is 25.0. The summed E-state index contributed by atoms with van der Waals surface area (Å²) in [5.74, 6) is 1.35. The molecule has 6 rings (SSSR count). The van der Waals surface area contributed by atoms with E-state index < -0.39 is 0 Å². The number of rotatable bonds is 8. The summed E-state index contributed by atoms with van der Waals surface area (Å²) in [7, 11) is 0. The van der Waals surface area contributed by atoms with Gasteiger partial charge in [0.15, 0.2) is 5.82 Å². The lowest BCUT2D eigenvalue weighted by Crippen LogP contribution is -2.23. The summed E-state index contributed by atoms with van der Waals surface area (Å²) >= 11 is 2.96. The second-order valence-electron chi connectivity index (χ2n) is 8.97. The van der Waals surface area contributed by atoms with Gasteiger partial charge in [0.25, 0.3) is 5.56 Å². The van der Waals surface area contributed by atoms with Crippen LogP contribution >= 0.6 is 22.7 Å². The fraction of sp³-hybridized carbons (Fsp3) is 0.133. The van der Waals surface area contributed by atoms with E-state index in [0.29, 0.717) is 21.9 Å². The van der Waals surface area contributed by atoms with Crippen molar-refractivity contribution in [2.24, 2.45) is 0 Å². The van der Waals surface area contributed by atoms with E-state index >= 15 is 0 Å². The molecule has 4 heterocycles. The Morgan fingerprint density at radius 3 is 2.64 bits per heavy atom. The van der Waals surface area contributed by atoms with Crippen LogP contribution in [0.1, 0.15) is 35.2 Å². The molecular formula is C30H25N5O2S2. The SMILES string of the molecule is CCCOc1ccc(-c2nn(-c3ccccc3)cc2/C=c2\sc3nc(/C=C/c4cccs4)nn3c2=O)c(C)c1. The molecule has 0 atom stereocenters. The fourth-order valence-electron chi connectivity index (χ4n) is 4.23. The van der Waals surface area contributed by atoms with Gasteiger partial charge in [-0.1, -0.05) is 42.5 Å². The molecule has 2 aromatic carbocycles. The Morgan fingerprint density at radius 2 is 1.90 bits per heavy atom. The highest BCUT2D eigenvalue weighted by Crippen LogP contribution is 2.30. The predicted molar refractivity (Wildman–Crippen MR) is 159 cm³/mol. The van der Waals surface area contributed by atoms with Crippen LogP contribution in [0, 0.1) is 6.92 Å². The monoisotopic (exact) mass is 551 g/mol. The number of thiazole rings is 1. The average Bonchev–Trinajstić information content (AvgIpc) is 3.74. The van der Waals surface area contributed by atoms with Crippen LogP contribution in [-0.2, 0) is 0 Å². The fourth-order valence-corrected chi connectivity index (χ4v) is 5.75. The minimum Gasteiger partial charge on any atom is -0.494 e. The first-order valence-corrected chi connectivity index (χ1v) is 14.3. The van der Waals surface area contributed by atoms with E-state index in [9.17, 15) is 4.79 Å². The third kappa shape index (κ3) is 5.19. The van der Waals surface area contributed by atoms with Crippen LogP contribution in [-0.4, -0.2) is 31.0 Å². The lowest BCUT2D eigenvalue weighted by atomic mass is 10.0. The zero-order valence-electron chi connectivity index (χ0n) is 21.4. The number of aromatic nitrogens is 5. The molecule has 0 aliphatic carbocycles. The van der Waals surface area contributed by atoms with Crippen molar-refractivity contribution in [3.63, 3.8) is 0 Å². The summed E-state index contributed by atoms with van der Waals surface area (Å²) in [6.45, 7) is 4.81. The molecule has 4 aromatic heterocycles. The first-order chi connectivity index (χ1) is 19.1. The minimum absolute atomic E-state index is 0.197. The van der Waals surface area contributed by atoms with Gasteiger partial charge in [-0.2, -0.15) is 14.6 Å². The molecular weight excluding hydrogens is 526 g/mol. The quantitative estimate of drug-likeness (QED) is 0.236. The van der Waals surface area contributed by atoms with Crippen LogP contribution in [0.15, 0.2) is 77.0 Å². The lowest BCUT2D eigenvalue weighted by Gasteiger charge is -2.09. The maximum absolute atomic E-state index is 13.3. The summed E-state index contributed by atoms with van der Waals surface area (Å²) in [5.41, 5.74) is 4.39. The Hall–Kier alpha value is -4.34. The van der Waals surface area contributed by atoms with Crippen molar-refractivity contribution in [1.29, 1.82) is 0 Å². The van der Waals surface area contributed by atoms with Gasteiger partial charge in [0, 0.05) is 22.2 Å². The third-order valence-corrected chi connectivity index (χ3v) is 7.91.